The molecule has 2 N–H and O–H groups in total. The maximum Gasteiger partial charge on any atom is 0.255 e. The summed E-state index contributed by atoms with van der Waals surface area (Å²) >= 11 is 0. The lowest BCUT2D eigenvalue weighted by Gasteiger charge is -2.46. The number of nitrogens with one attached hydrogen (secondary N) is 1. The monoisotopic (exact) mass is 442 g/mol. The van der Waals surface area contributed by atoms with E-state index in [1.807, 2.05) is 20.2 Å². The van der Waals surface area contributed by atoms with Crippen LogP contribution < -0.4 is 10.1 Å². The zero-order valence-corrected chi connectivity index (χ0v) is 20.9. The third-order valence-electron chi connectivity index (χ3n) is 7.07. The van der Waals surface area contributed by atoms with Crippen molar-refractivity contribution >= 4 is 5.91 Å². The van der Waals surface area contributed by atoms with Gasteiger partial charge in [0.25, 0.3) is 5.91 Å². The number of carbonyl (C=O) groups is 1. The Bertz CT molecular complexity index is 857. The van der Waals surface area contributed by atoms with Gasteiger partial charge in [0.1, 0.15) is 17.1 Å². The van der Waals surface area contributed by atoms with E-state index in [0.29, 0.717) is 12.1 Å². The smallest absolute Gasteiger partial charge is 0.255 e. The van der Waals surface area contributed by atoms with Crippen molar-refractivity contribution in [2.45, 2.75) is 84.2 Å². The average Bonchev–Trinajstić information content (AvgIpc) is 2.70. The summed E-state index contributed by atoms with van der Waals surface area (Å²) in [5.41, 5.74) is 3.17. The van der Waals surface area contributed by atoms with Gasteiger partial charge in [-0.3, -0.25) is 4.79 Å². The SMILES string of the molecule is CCCCCc1cc2c(c(O)c1C(=O)NCCCN(C)C)C1C=C(C)CC[C@H]1C(C)(C)O2. The van der Waals surface area contributed by atoms with Gasteiger partial charge in [-0.15, -0.1) is 0 Å². The van der Waals surface area contributed by atoms with Crippen LogP contribution in [0.1, 0.15) is 93.6 Å². The van der Waals surface area contributed by atoms with Gasteiger partial charge in [-0.25, -0.2) is 0 Å². The average molecular weight is 443 g/mol. The molecule has 2 aliphatic rings. The van der Waals surface area contributed by atoms with Crippen LogP contribution >= 0.6 is 0 Å². The minimum absolute atomic E-state index is 0.0764. The lowest BCUT2D eigenvalue weighted by Crippen LogP contribution is -2.45. The molecule has 2 atom stereocenters. The molecule has 0 fully saturated rings. The van der Waals surface area contributed by atoms with Crippen molar-refractivity contribution in [2.24, 2.45) is 5.92 Å². The van der Waals surface area contributed by atoms with Crippen LogP contribution in [0.5, 0.6) is 11.5 Å². The van der Waals surface area contributed by atoms with Gasteiger partial charge < -0.3 is 20.1 Å². The number of hydrogen-bond acceptors (Lipinski definition) is 4. The van der Waals surface area contributed by atoms with Crippen molar-refractivity contribution < 1.29 is 14.6 Å². The summed E-state index contributed by atoms with van der Waals surface area (Å²) < 4.78 is 6.48. The molecule has 32 heavy (non-hydrogen) atoms. The lowest BCUT2D eigenvalue weighted by molar-refractivity contribution is 0.0107. The summed E-state index contributed by atoms with van der Waals surface area (Å²) in [6.07, 6.45) is 9.21. The molecular weight excluding hydrogens is 400 g/mol. The normalized spacial score (nSPS) is 21.4. The number of ether oxygens (including phenoxy) is 1. The first-order valence-electron chi connectivity index (χ1n) is 12.3. The van der Waals surface area contributed by atoms with E-state index in [0.717, 1.165) is 68.4 Å². The number of unbranched alkanes of at least 4 members (excludes halogenated alkanes) is 2. The van der Waals surface area contributed by atoms with Crippen LogP contribution in [0.15, 0.2) is 17.7 Å². The Morgan fingerprint density at radius 1 is 1.28 bits per heavy atom. The van der Waals surface area contributed by atoms with Crippen LogP contribution in [-0.2, 0) is 6.42 Å². The Morgan fingerprint density at radius 3 is 2.72 bits per heavy atom. The number of amides is 1. The van der Waals surface area contributed by atoms with E-state index in [2.05, 4.69) is 44.0 Å². The molecular formula is C27H42N2O3. The summed E-state index contributed by atoms with van der Waals surface area (Å²) in [5.74, 6) is 1.05. The number of phenolic OH excluding ortho intramolecular Hbond substituents is 1. The number of nitrogens with zero attached hydrogens (tertiary/aromatic N) is 1. The summed E-state index contributed by atoms with van der Waals surface area (Å²) in [4.78, 5) is 15.4. The van der Waals surface area contributed by atoms with Crippen LogP contribution in [0.4, 0.5) is 0 Å². The Kier molecular flexibility index (Phi) is 7.92. The van der Waals surface area contributed by atoms with Crippen molar-refractivity contribution in [2.75, 3.05) is 27.2 Å². The predicted octanol–water partition coefficient (Wildman–Crippen LogP) is 5.42. The second kappa shape index (κ2) is 10.3. The van der Waals surface area contributed by atoms with Crippen LogP contribution in [-0.4, -0.2) is 48.7 Å². The predicted molar refractivity (Wildman–Crippen MR) is 131 cm³/mol. The summed E-state index contributed by atoms with van der Waals surface area (Å²) in [5, 5.41) is 14.6. The van der Waals surface area contributed by atoms with Crippen molar-refractivity contribution in [3.63, 3.8) is 0 Å². The molecule has 0 saturated heterocycles. The zero-order valence-electron chi connectivity index (χ0n) is 20.9. The van der Waals surface area contributed by atoms with Gasteiger partial charge in [0.2, 0.25) is 0 Å². The van der Waals surface area contributed by atoms with Gasteiger partial charge in [-0.1, -0.05) is 31.4 Å². The fourth-order valence-electron chi connectivity index (χ4n) is 5.31. The largest absolute Gasteiger partial charge is 0.507 e. The third kappa shape index (κ3) is 5.31. The Labute approximate surface area is 194 Å². The molecule has 0 saturated carbocycles. The topological polar surface area (TPSA) is 61.8 Å². The number of carbonyl (C=O) groups excluding carboxylic acids is 1. The third-order valence-corrected chi connectivity index (χ3v) is 7.07. The summed E-state index contributed by atoms with van der Waals surface area (Å²) in [6, 6.07) is 2.04. The minimum atomic E-state index is -0.308. The number of phenols is 1. The van der Waals surface area contributed by atoms with Crippen molar-refractivity contribution in [3.05, 3.63) is 34.4 Å². The van der Waals surface area contributed by atoms with Gasteiger partial charge in [0, 0.05) is 23.9 Å². The summed E-state index contributed by atoms with van der Waals surface area (Å²) in [7, 11) is 4.06. The molecule has 3 rings (SSSR count). The highest BCUT2D eigenvalue weighted by Gasteiger charge is 2.46. The molecule has 1 aliphatic heterocycles. The molecule has 1 aliphatic carbocycles. The van der Waals surface area contributed by atoms with Crippen molar-refractivity contribution in [1.29, 1.82) is 0 Å². The number of aryl methyl sites for hydroxylation is 1. The second-order valence-corrected chi connectivity index (χ2v) is 10.4. The molecule has 5 heteroatoms. The molecule has 1 heterocycles. The molecule has 1 amide bonds. The molecule has 0 radical (unpaired) electrons. The standard InChI is InChI=1S/C27H42N2O3/c1-7-8-9-11-19-17-22-24(20-16-18(2)12-13-21(20)27(3,4)32-22)25(30)23(19)26(31)28-14-10-15-29(5)6/h16-17,20-21,30H,7-15H2,1-6H3,(H,28,31)/t20?,21-/m1/s1. The molecule has 0 spiro atoms. The molecule has 1 unspecified atom stereocenters. The molecule has 0 bridgehead atoms. The molecule has 1 aromatic carbocycles. The highest BCUT2D eigenvalue weighted by atomic mass is 16.5. The van der Waals surface area contributed by atoms with E-state index in [4.69, 9.17) is 4.74 Å². The van der Waals surface area contributed by atoms with Gasteiger partial charge in [-0.05, 0) is 85.1 Å². The molecule has 0 aromatic heterocycles. The first kappa shape index (κ1) is 24.6. The summed E-state index contributed by atoms with van der Waals surface area (Å²) in [6.45, 7) is 10.1. The van der Waals surface area contributed by atoms with Crippen LogP contribution in [0.2, 0.25) is 0 Å². The Hall–Kier alpha value is -2.01. The molecule has 1 aromatic rings. The number of fused-ring (bicyclic) bond motifs is 3. The van der Waals surface area contributed by atoms with Crippen LogP contribution in [0.3, 0.4) is 0 Å². The minimum Gasteiger partial charge on any atom is -0.507 e. The number of hydrogen-bond donors (Lipinski definition) is 2. The zero-order chi connectivity index (χ0) is 23.5. The Morgan fingerprint density at radius 2 is 2.03 bits per heavy atom. The lowest BCUT2D eigenvalue weighted by atomic mass is 9.67. The highest BCUT2D eigenvalue weighted by molar-refractivity contribution is 5.99. The molecule has 5 nitrogen and oxygen atoms in total. The quantitative estimate of drug-likeness (QED) is 0.396. The first-order chi connectivity index (χ1) is 15.2. The van der Waals surface area contributed by atoms with E-state index in [1.54, 1.807) is 0 Å². The molecule has 178 valence electrons. The maximum atomic E-state index is 13.3. The Balaban J connectivity index is 2.01. The fourth-order valence-corrected chi connectivity index (χ4v) is 5.31. The van der Waals surface area contributed by atoms with E-state index < -0.39 is 0 Å². The number of allylic oxidation sites excluding steroid dienone is 2. The number of benzene rings is 1. The maximum absolute atomic E-state index is 13.3. The van der Waals surface area contributed by atoms with Gasteiger partial charge >= 0.3 is 0 Å². The van der Waals surface area contributed by atoms with E-state index >= 15 is 0 Å². The van der Waals surface area contributed by atoms with Gasteiger partial charge in [0.15, 0.2) is 0 Å². The first-order valence-corrected chi connectivity index (χ1v) is 12.3. The van der Waals surface area contributed by atoms with E-state index in [1.165, 1.54) is 5.57 Å². The second-order valence-electron chi connectivity index (χ2n) is 10.4. The van der Waals surface area contributed by atoms with E-state index in [9.17, 15) is 9.90 Å². The fraction of sp³-hybridized carbons (Fsp3) is 0.667. The number of rotatable bonds is 9. The van der Waals surface area contributed by atoms with Gasteiger partial charge in [-0.2, -0.15) is 0 Å². The van der Waals surface area contributed by atoms with Crippen molar-refractivity contribution in [3.8, 4) is 11.5 Å². The highest BCUT2D eigenvalue weighted by Crippen LogP contribution is 2.54. The van der Waals surface area contributed by atoms with Crippen LogP contribution in [0.25, 0.3) is 0 Å². The van der Waals surface area contributed by atoms with Crippen molar-refractivity contribution in [1.82, 2.24) is 10.2 Å². The van der Waals surface area contributed by atoms with Gasteiger partial charge in [0.05, 0.1) is 5.56 Å². The number of aromatic hydroxyl groups is 1. The van der Waals surface area contributed by atoms with E-state index in [-0.39, 0.29) is 29.1 Å². The van der Waals surface area contributed by atoms with Crippen LogP contribution in [0, 0.1) is 5.92 Å².